The third-order valence-corrected chi connectivity index (χ3v) is 2.35. The molecule has 1 saturated carbocycles. The van der Waals surface area contributed by atoms with Gasteiger partial charge in [-0.25, -0.2) is 0 Å². The summed E-state index contributed by atoms with van der Waals surface area (Å²) in [6.07, 6.45) is 1.44. The van der Waals surface area contributed by atoms with Crippen LogP contribution >= 0.6 is 0 Å². The number of anilines is 1. The molecular weight excluding hydrogens is 246 g/mol. The molecule has 2 amide bonds. The average Bonchev–Trinajstić information content (AvgIpc) is 2.99. The first-order chi connectivity index (χ1) is 8.54. The van der Waals surface area contributed by atoms with Gasteiger partial charge in [0.2, 0.25) is 5.91 Å². The van der Waals surface area contributed by atoms with Crippen LogP contribution in [0.15, 0.2) is 12.4 Å². The van der Waals surface area contributed by atoms with Crippen molar-refractivity contribution in [3.05, 3.63) is 12.4 Å². The Morgan fingerprint density at radius 3 is 2.83 bits per heavy atom. The molecule has 1 fully saturated rings. The van der Waals surface area contributed by atoms with E-state index in [0.29, 0.717) is 0 Å². The Bertz CT molecular complexity index is 456. The molecule has 6 nitrogen and oxygen atoms in total. The highest BCUT2D eigenvalue weighted by Crippen LogP contribution is 2.18. The lowest BCUT2D eigenvalue weighted by Gasteiger charge is -2.03. The number of aromatic nitrogens is 2. The fourth-order valence-corrected chi connectivity index (χ4v) is 1.36. The second-order valence-electron chi connectivity index (χ2n) is 4.06. The number of hydrogen-bond donors (Lipinski definition) is 2. The number of carbonyl (C=O) groups excluding carboxylic acids is 2. The van der Waals surface area contributed by atoms with Crippen LogP contribution in [0.2, 0.25) is 0 Å². The Hall–Kier alpha value is -1.99. The normalized spacial score (nSPS) is 14.6. The van der Waals surface area contributed by atoms with Crippen molar-refractivity contribution in [3.63, 3.8) is 0 Å². The van der Waals surface area contributed by atoms with Gasteiger partial charge in [0.15, 0.2) is 0 Å². The lowest BCUT2D eigenvalue weighted by atomic mass is 10.5. The lowest BCUT2D eigenvalue weighted by molar-refractivity contribution is -0.126. The smallest absolute Gasteiger partial charge is 0.315 e. The van der Waals surface area contributed by atoms with Gasteiger partial charge in [-0.1, -0.05) is 0 Å². The van der Waals surface area contributed by atoms with Crippen molar-refractivity contribution in [2.75, 3.05) is 5.32 Å². The number of amides is 2. The van der Waals surface area contributed by atoms with Gasteiger partial charge in [-0.3, -0.25) is 14.3 Å². The van der Waals surface area contributed by atoms with Crippen LogP contribution in [0.3, 0.4) is 0 Å². The van der Waals surface area contributed by atoms with Crippen LogP contribution in [0.1, 0.15) is 12.8 Å². The van der Waals surface area contributed by atoms with Gasteiger partial charge in [0, 0.05) is 12.2 Å². The monoisotopic (exact) mass is 258 g/mol. The molecule has 0 unspecified atom stereocenters. The quantitative estimate of drug-likeness (QED) is 0.801. The maximum Gasteiger partial charge on any atom is 0.315 e. The maximum atomic E-state index is 12.0. The fourth-order valence-electron chi connectivity index (χ4n) is 1.36. The molecule has 1 aliphatic carbocycles. The van der Waals surface area contributed by atoms with Crippen molar-refractivity contribution in [2.45, 2.75) is 31.9 Å². The molecule has 18 heavy (non-hydrogen) atoms. The van der Waals surface area contributed by atoms with E-state index in [4.69, 9.17) is 0 Å². The number of rotatable bonds is 5. The summed E-state index contributed by atoms with van der Waals surface area (Å²) in [5.74, 6) is -1.58. The molecule has 1 aliphatic rings. The van der Waals surface area contributed by atoms with Crippen molar-refractivity contribution >= 4 is 17.5 Å². The third kappa shape index (κ3) is 3.51. The van der Waals surface area contributed by atoms with E-state index < -0.39 is 12.3 Å². The van der Waals surface area contributed by atoms with Crippen molar-refractivity contribution in [2.24, 2.45) is 0 Å². The summed E-state index contributed by atoms with van der Waals surface area (Å²) < 4.78 is 25.2. The van der Waals surface area contributed by atoms with E-state index in [1.165, 1.54) is 17.1 Å². The summed E-state index contributed by atoms with van der Waals surface area (Å²) in [5, 5.41) is 8.54. The molecule has 0 atom stereocenters. The first kappa shape index (κ1) is 12.5. The Kier molecular flexibility index (Phi) is 3.54. The van der Waals surface area contributed by atoms with Gasteiger partial charge >= 0.3 is 6.43 Å². The van der Waals surface area contributed by atoms with E-state index in [0.717, 1.165) is 12.8 Å². The zero-order valence-corrected chi connectivity index (χ0v) is 9.40. The van der Waals surface area contributed by atoms with Gasteiger partial charge < -0.3 is 10.6 Å². The van der Waals surface area contributed by atoms with Gasteiger partial charge in [-0.15, -0.1) is 0 Å². The largest absolute Gasteiger partial charge is 0.352 e. The molecule has 1 aromatic rings. The molecule has 0 aromatic carbocycles. The molecule has 1 heterocycles. The number of alkyl halides is 2. The summed E-state index contributed by atoms with van der Waals surface area (Å²) in [5.41, 5.74) is 0.138. The maximum absolute atomic E-state index is 12.0. The van der Waals surface area contributed by atoms with Crippen LogP contribution in [0, 0.1) is 0 Å². The SMILES string of the molecule is O=C(Cn1cc(NC(=O)C(F)F)cn1)NC1CC1. The van der Waals surface area contributed by atoms with Crippen LogP contribution in [-0.4, -0.2) is 34.1 Å². The Labute approximate surface area is 101 Å². The molecule has 0 aliphatic heterocycles. The highest BCUT2D eigenvalue weighted by molar-refractivity contribution is 5.92. The minimum Gasteiger partial charge on any atom is -0.352 e. The minimum atomic E-state index is -3.08. The molecule has 8 heteroatoms. The van der Waals surface area contributed by atoms with Gasteiger partial charge in [0.25, 0.3) is 5.91 Å². The van der Waals surface area contributed by atoms with Crippen molar-refractivity contribution in [1.29, 1.82) is 0 Å². The van der Waals surface area contributed by atoms with Crippen molar-refractivity contribution in [1.82, 2.24) is 15.1 Å². The highest BCUT2D eigenvalue weighted by atomic mass is 19.3. The van der Waals surface area contributed by atoms with E-state index in [1.54, 1.807) is 0 Å². The van der Waals surface area contributed by atoms with Crippen LogP contribution in [0.5, 0.6) is 0 Å². The van der Waals surface area contributed by atoms with E-state index in [1.807, 2.05) is 5.32 Å². The molecule has 0 saturated heterocycles. The van der Waals surface area contributed by atoms with Gasteiger partial charge in [0.1, 0.15) is 6.54 Å². The van der Waals surface area contributed by atoms with Crippen LogP contribution in [0.25, 0.3) is 0 Å². The Morgan fingerprint density at radius 1 is 1.50 bits per heavy atom. The second kappa shape index (κ2) is 5.11. The van der Waals surface area contributed by atoms with Gasteiger partial charge in [-0.2, -0.15) is 13.9 Å². The molecular formula is C10H12F2N4O2. The molecule has 98 valence electrons. The Balaban J connectivity index is 1.85. The number of carbonyl (C=O) groups is 2. The summed E-state index contributed by atoms with van der Waals surface area (Å²) in [6, 6.07) is 0.256. The van der Waals surface area contributed by atoms with Crippen LogP contribution in [0.4, 0.5) is 14.5 Å². The summed E-state index contributed by atoms with van der Waals surface area (Å²) in [7, 11) is 0. The predicted molar refractivity (Wildman–Crippen MR) is 58.0 cm³/mol. The number of nitrogens with zero attached hydrogens (tertiary/aromatic N) is 2. The topological polar surface area (TPSA) is 76.0 Å². The molecule has 0 radical (unpaired) electrons. The van der Waals surface area contributed by atoms with Gasteiger partial charge in [0.05, 0.1) is 11.9 Å². The number of nitrogens with one attached hydrogen (secondary N) is 2. The Morgan fingerprint density at radius 2 is 2.22 bits per heavy atom. The third-order valence-electron chi connectivity index (χ3n) is 2.35. The number of hydrogen-bond acceptors (Lipinski definition) is 3. The second-order valence-corrected chi connectivity index (χ2v) is 4.06. The van der Waals surface area contributed by atoms with E-state index in [2.05, 4.69) is 10.4 Å². The number of halogens is 2. The van der Waals surface area contributed by atoms with Crippen molar-refractivity contribution < 1.29 is 18.4 Å². The van der Waals surface area contributed by atoms with E-state index in [-0.39, 0.29) is 24.2 Å². The molecule has 2 rings (SSSR count). The van der Waals surface area contributed by atoms with Crippen LogP contribution < -0.4 is 10.6 Å². The van der Waals surface area contributed by atoms with Gasteiger partial charge in [-0.05, 0) is 12.8 Å². The molecule has 0 bridgehead atoms. The highest BCUT2D eigenvalue weighted by Gasteiger charge is 2.23. The minimum absolute atomic E-state index is 0.00104. The summed E-state index contributed by atoms with van der Waals surface area (Å²) in [6.45, 7) is 0.00104. The first-order valence-corrected chi connectivity index (χ1v) is 5.45. The van der Waals surface area contributed by atoms with E-state index >= 15 is 0 Å². The zero-order valence-electron chi connectivity index (χ0n) is 9.40. The summed E-state index contributed by atoms with van der Waals surface area (Å²) >= 11 is 0. The van der Waals surface area contributed by atoms with Crippen LogP contribution in [-0.2, 0) is 16.1 Å². The first-order valence-electron chi connectivity index (χ1n) is 5.45. The standard InChI is InChI=1S/C10H12F2N4O2/c11-9(12)10(18)15-7-3-13-16(4-7)5-8(17)14-6-1-2-6/h3-4,6,9H,1-2,5H2,(H,14,17)(H,15,18). The molecule has 0 spiro atoms. The van der Waals surface area contributed by atoms with E-state index in [9.17, 15) is 18.4 Å². The average molecular weight is 258 g/mol. The lowest BCUT2D eigenvalue weighted by Crippen LogP contribution is -2.29. The fraction of sp³-hybridized carbons (Fsp3) is 0.500. The van der Waals surface area contributed by atoms with Crippen molar-refractivity contribution in [3.8, 4) is 0 Å². The molecule has 2 N–H and O–H groups in total. The predicted octanol–water partition coefficient (Wildman–Crippen LogP) is 0.365. The molecule has 1 aromatic heterocycles. The summed E-state index contributed by atoms with van der Waals surface area (Å²) in [4.78, 5) is 22.1. The zero-order chi connectivity index (χ0) is 13.1.